The zero-order chi connectivity index (χ0) is 30.6. The summed E-state index contributed by atoms with van der Waals surface area (Å²) in [6.07, 6.45) is 1.75. The molecule has 4 N–H and O–H groups in total. The average Bonchev–Trinajstić information content (AvgIpc) is 3.03. The van der Waals surface area contributed by atoms with E-state index in [0.717, 1.165) is 28.3 Å². The van der Waals surface area contributed by atoms with Gasteiger partial charge in [-0.15, -0.1) is 9.24 Å². The Morgan fingerprint density at radius 2 is 1.65 bits per heavy atom. The topological polar surface area (TPSA) is 143 Å². The molecular weight excluding hydrogens is 567 g/mol. The average molecular weight is 605 g/mol. The Morgan fingerprint density at radius 1 is 0.930 bits per heavy atom. The van der Waals surface area contributed by atoms with Gasteiger partial charge in [0, 0.05) is 18.9 Å². The van der Waals surface area contributed by atoms with E-state index in [1.165, 1.54) is 0 Å². The number of benzene rings is 3. The highest BCUT2D eigenvalue weighted by Crippen LogP contribution is 2.20. The summed E-state index contributed by atoms with van der Waals surface area (Å²) in [5.41, 5.74) is 1.63. The third-order valence-corrected chi connectivity index (χ3v) is 7.90. The van der Waals surface area contributed by atoms with Crippen LogP contribution in [0.2, 0.25) is 0 Å². The van der Waals surface area contributed by atoms with Gasteiger partial charge in [0.15, 0.2) is 0 Å². The molecule has 0 bridgehead atoms. The van der Waals surface area contributed by atoms with Crippen LogP contribution in [-0.2, 0) is 36.9 Å². The number of nitrogens with one attached hydrogen (secondary N) is 4. The highest BCUT2D eigenvalue weighted by Gasteiger charge is 2.30. The molecule has 1 unspecified atom stereocenters. The molecule has 43 heavy (non-hydrogen) atoms. The predicted octanol–water partition coefficient (Wildman–Crippen LogP) is 2.64. The Labute approximate surface area is 252 Å². The molecule has 0 aliphatic carbocycles. The molecule has 0 saturated carbocycles. The molecule has 0 spiro atoms. The summed E-state index contributed by atoms with van der Waals surface area (Å²) in [6, 6.07) is 19.7. The lowest BCUT2D eigenvalue weighted by Crippen LogP contribution is -2.56. The molecule has 4 rings (SSSR count). The van der Waals surface area contributed by atoms with Crippen LogP contribution in [0, 0.1) is 5.92 Å². The summed E-state index contributed by atoms with van der Waals surface area (Å²) in [5.74, 6) is -1.65. The summed E-state index contributed by atoms with van der Waals surface area (Å²) >= 11 is 0. The molecular formula is C32H37N4O6P. The first-order valence-electron chi connectivity index (χ1n) is 14.4. The molecule has 11 heteroatoms. The molecule has 1 heterocycles. The van der Waals surface area contributed by atoms with Crippen molar-refractivity contribution in [3.8, 4) is 0 Å². The molecule has 0 aromatic heterocycles. The number of ether oxygens (including phenoxy) is 1. The van der Waals surface area contributed by atoms with Gasteiger partial charge in [-0.1, -0.05) is 72.8 Å². The third-order valence-electron chi connectivity index (χ3n) is 7.42. The van der Waals surface area contributed by atoms with E-state index in [1.54, 1.807) is 0 Å². The Morgan fingerprint density at radius 3 is 2.40 bits per heavy atom. The van der Waals surface area contributed by atoms with Crippen LogP contribution in [0.5, 0.6) is 0 Å². The molecule has 226 valence electrons. The van der Waals surface area contributed by atoms with Gasteiger partial charge in [-0.25, -0.2) is 4.79 Å². The van der Waals surface area contributed by atoms with Gasteiger partial charge >= 0.3 is 6.09 Å². The molecule has 4 amide bonds. The van der Waals surface area contributed by atoms with Crippen LogP contribution in [-0.4, -0.2) is 60.9 Å². The predicted molar refractivity (Wildman–Crippen MR) is 166 cm³/mol. The van der Waals surface area contributed by atoms with Crippen LogP contribution < -0.4 is 21.3 Å². The second kappa shape index (κ2) is 15.8. The minimum absolute atomic E-state index is 0.0258. The van der Waals surface area contributed by atoms with Gasteiger partial charge in [0.1, 0.15) is 25.0 Å². The van der Waals surface area contributed by atoms with Crippen LogP contribution in [0.3, 0.4) is 0 Å². The molecule has 1 fully saturated rings. The van der Waals surface area contributed by atoms with Gasteiger partial charge in [0.25, 0.3) is 0 Å². The standard InChI is InChI=1S/C32H37N4O6P/c37-18-25(16-24-13-7-15-33-29(24)38)34-31(40)28(20-43)35-30(39)27(36-32(41)42-19-21-8-2-1-3-9-21)17-23-12-6-11-22-10-4-5-14-26(22)23/h1-6,8-12,14,18,24-25,27-28H,7,13,15-17,19-20,43H2,(H,33,38)(H,34,40)(H,35,39)(H,36,41)/t24-,25-,27-,28-/m0/s1. The molecule has 5 atom stereocenters. The Balaban J connectivity index is 1.45. The van der Waals surface area contributed by atoms with Crippen LogP contribution in [0.15, 0.2) is 72.8 Å². The van der Waals surface area contributed by atoms with Crippen molar-refractivity contribution < 1.29 is 28.7 Å². The van der Waals surface area contributed by atoms with Crippen molar-refractivity contribution in [1.29, 1.82) is 0 Å². The van der Waals surface area contributed by atoms with Crippen molar-refractivity contribution in [3.63, 3.8) is 0 Å². The number of carbonyl (C=O) groups excluding carboxylic acids is 5. The molecule has 1 aliphatic rings. The second-order valence-electron chi connectivity index (χ2n) is 10.5. The molecule has 3 aromatic carbocycles. The number of hydrogen-bond acceptors (Lipinski definition) is 6. The summed E-state index contributed by atoms with van der Waals surface area (Å²) in [6.45, 7) is 0.625. The van der Waals surface area contributed by atoms with Crippen molar-refractivity contribution in [1.82, 2.24) is 21.3 Å². The van der Waals surface area contributed by atoms with Crippen molar-refractivity contribution >= 4 is 50.1 Å². The number of hydrogen-bond donors (Lipinski definition) is 4. The Bertz CT molecular complexity index is 1430. The molecule has 3 aromatic rings. The number of aldehydes is 1. The first-order valence-corrected chi connectivity index (χ1v) is 15.2. The van der Waals surface area contributed by atoms with Gasteiger partial charge in [-0.05, 0) is 47.3 Å². The smallest absolute Gasteiger partial charge is 0.408 e. The summed E-state index contributed by atoms with van der Waals surface area (Å²) < 4.78 is 5.38. The summed E-state index contributed by atoms with van der Waals surface area (Å²) in [7, 11) is 2.42. The zero-order valence-electron chi connectivity index (χ0n) is 23.8. The molecule has 1 aliphatic heterocycles. The summed E-state index contributed by atoms with van der Waals surface area (Å²) in [5, 5.41) is 12.7. The van der Waals surface area contributed by atoms with E-state index in [9.17, 15) is 24.0 Å². The quantitative estimate of drug-likeness (QED) is 0.175. The van der Waals surface area contributed by atoms with E-state index in [1.807, 2.05) is 72.8 Å². The highest BCUT2D eigenvalue weighted by atomic mass is 31.0. The third kappa shape index (κ3) is 9.09. The fourth-order valence-corrected chi connectivity index (χ4v) is 5.44. The lowest BCUT2D eigenvalue weighted by atomic mass is 9.92. The number of amides is 4. The normalized spacial score (nSPS) is 16.7. The minimum Gasteiger partial charge on any atom is -0.445 e. The van der Waals surface area contributed by atoms with E-state index < -0.39 is 36.0 Å². The van der Waals surface area contributed by atoms with Crippen molar-refractivity contribution in [2.45, 2.75) is 50.4 Å². The van der Waals surface area contributed by atoms with Gasteiger partial charge in [0.05, 0.1) is 6.04 Å². The minimum atomic E-state index is -1.06. The van der Waals surface area contributed by atoms with Crippen LogP contribution >= 0.6 is 9.24 Å². The fourth-order valence-electron chi connectivity index (χ4n) is 5.11. The van der Waals surface area contributed by atoms with E-state index in [2.05, 4.69) is 30.5 Å². The van der Waals surface area contributed by atoms with Gasteiger partial charge in [0.2, 0.25) is 17.7 Å². The first-order chi connectivity index (χ1) is 20.9. The molecule has 0 radical (unpaired) electrons. The highest BCUT2D eigenvalue weighted by molar-refractivity contribution is 7.16. The van der Waals surface area contributed by atoms with E-state index in [0.29, 0.717) is 19.3 Å². The second-order valence-corrected chi connectivity index (χ2v) is 11.0. The van der Waals surface area contributed by atoms with Gasteiger partial charge < -0.3 is 30.8 Å². The van der Waals surface area contributed by atoms with Crippen molar-refractivity contribution in [2.75, 3.05) is 12.7 Å². The van der Waals surface area contributed by atoms with Crippen LogP contribution in [0.1, 0.15) is 30.4 Å². The van der Waals surface area contributed by atoms with Crippen molar-refractivity contribution in [3.05, 3.63) is 83.9 Å². The number of fused-ring (bicyclic) bond motifs is 1. The van der Waals surface area contributed by atoms with Gasteiger partial charge in [-0.2, -0.15) is 0 Å². The fraction of sp³-hybridized carbons (Fsp3) is 0.344. The Hall–Kier alpha value is -4.30. The van der Waals surface area contributed by atoms with Crippen LogP contribution in [0.25, 0.3) is 10.8 Å². The number of alkyl carbamates (subject to hydrolysis) is 1. The first kappa shape index (κ1) is 31.6. The monoisotopic (exact) mass is 604 g/mol. The maximum absolute atomic E-state index is 13.6. The largest absolute Gasteiger partial charge is 0.445 e. The lowest BCUT2D eigenvalue weighted by Gasteiger charge is -2.26. The SMILES string of the molecule is O=C[C@H](C[C@@H]1CCCNC1=O)NC(=O)[C@H](CP)NC(=O)[C@H](Cc1cccc2ccccc12)NC(=O)OCc1ccccc1. The summed E-state index contributed by atoms with van der Waals surface area (Å²) in [4.78, 5) is 63.4. The number of piperidine rings is 1. The van der Waals surface area contributed by atoms with E-state index in [4.69, 9.17) is 4.74 Å². The number of rotatable bonds is 13. The zero-order valence-corrected chi connectivity index (χ0v) is 24.9. The van der Waals surface area contributed by atoms with E-state index >= 15 is 0 Å². The van der Waals surface area contributed by atoms with Crippen molar-refractivity contribution in [2.24, 2.45) is 5.92 Å². The maximum atomic E-state index is 13.6. The molecule has 10 nitrogen and oxygen atoms in total. The van der Waals surface area contributed by atoms with Gasteiger partial charge in [-0.3, -0.25) is 14.4 Å². The lowest BCUT2D eigenvalue weighted by molar-refractivity contribution is -0.131. The number of carbonyl (C=O) groups is 5. The maximum Gasteiger partial charge on any atom is 0.408 e. The van der Waals surface area contributed by atoms with Crippen LogP contribution in [0.4, 0.5) is 4.79 Å². The molecule has 1 saturated heterocycles. The van der Waals surface area contributed by atoms with E-state index in [-0.39, 0.29) is 37.4 Å². The Kier molecular flexibility index (Phi) is 11.6.